The van der Waals surface area contributed by atoms with E-state index in [0.29, 0.717) is 12.2 Å². The number of carbonyl (C=O) groups excluding carboxylic acids is 1. The van der Waals surface area contributed by atoms with Gasteiger partial charge in [0.1, 0.15) is 6.54 Å². The third kappa shape index (κ3) is 6.24. The number of amides is 1. The lowest BCUT2D eigenvalue weighted by atomic mass is 10.3. The maximum absolute atomic E-state index is 12.2. The molecule has 6 nitrogen and oxygen atoms in total. The number of carbonyl (C=O) groups is 1. The fourth-order valence-corrected chi connectivity index (χ4v) is 4.15. The zero-order valence-electron chi connectivity index (χ0n) is 14.4. The van der Waals surface area contributed by atoms with E-state index in [1.807, 2.05) is 36.7 Å². The van der Waals surface area contributed by atoms with Crippen molar-refractivity contribution >= 4 is 33.0 Å². The van der Waals surface area contributed by atoms with Crippen LogP contribution in [0.3, 0.4) is 0 Å². The second-order valence-corrected chi connectivity index (χ2v) is 8.53. The number of thiophene rings is 1. The van der Waals surface area contributed by atoms with Crippen molar-refractivity contribution in [2.45, 2.75) is 37.8 Å². The summed E-state index contributed by atoms with van der Waals surface area (Å²) in [5.41, 5.74) is 0.581. The monoisotopic (exact) mass is 382 g/mol. The van der Waals surface area contributed by atoms with Gasteiger partial charge in [0, 0.05) is 11.7 Å². The molecule has 0 aliphatic carbocycles. The van der Waals surface area contributed by atoms with Crippen LogP contribution in [0.15, 0.2) is 46.7 Å². The standard InChI is InChI=1S/C17H23N3O3S2/c1-3-13(2)20-25(22,23)16-8-6-14(7-9-16)19-17(21)12-18-11-15-5-4-10-24-15/h4-10,13,18,20H,3,11-12H2,1-2H3,(H,19,21)/p+1/t13-/m1/s1. The summed E-state index contributed by atoms with van der Waals surface area (Å²) in [6.07, 6.45) is 0.718. The minimum absolute atomic E-state index is 0.120. The van der Waals surface area contributed by atoms with Gasteiger partial charge >= 0.3 is 0 Å². The highest BCUT2D eigenvalue weighted by atomic mass is 32.2. The van der Waals surface area contributed by atoms with Crippen molar-refractivity contribution in [2.24, 2.45) is 0 Å². The lowest BCUT2D eigenvalue weighted by molar-refractivity contribution is -0.659. The Hall–Kier alpha value is -1.74. The summed E-state index contributed by atoms with van der Waals surface area (Å²) >= 11 is 1.66. The molecule has 1 aromatic heterocycles. The molecule has 0 saturated heterocycles. The highest BCUT2D eigenvalue weighted by Crippen LogP contribution is 2.14. The van der Waals surface area contributed by atoms with Crippen LogP contribution in [-0.2, 0) is 21.4 Å². The summed E-state index contributed by atoms with van der Waals surface area (Å²) in [5.74, 6) is -0.120. The number of rotatable bonds is 9. The Morgan fingerprint density at radius 2 is 1.96 bits per heavy atom. The van der Waals surface area contributed by atoms with Gasteiger partial charge in [0.2, 0.25) is 10.0 Å². The van der Waals surface area contributed by atoms with Gasteiger partial charge in [0.25, 0.3) is 5.91 Å². The number of quaternary nitrogens is 1. The van der Waals surface area contributed by atoms with E-state index in [1.165, 1.54) is 17.0 Å². The topological polar surface area (TPSA) is 91.9 Å². The Morgan fingerprint density at radius 3 is 2.56 bits per heavy atom. The molecule has 1 aromatic carbocycles. The third-order valence-corrected chi connectivity index (χ3v) is 6.18. The molecule has 0 spiro atoms. The Balaban J connectivity index is 1.86. The van der Waals surface area contributed by atoms with Crippen LogP contribution in [0, 0.1) is 0 Å². The van der Waals surface area contributed by atoms with Crippen LogP contribution in [0.25, 0.3) is 0 Å². The molecule has 1 amide bonds. The second-order valence-electron chi connectivity index (χ2n) is 5.78. The van der Waals surface area contributed by atoms with Crippen LogP contribution in [0.4, 0.5) is 5.69 Å². The van der Waals surface area contributed by atoms with Crippen molar-refractivity contribution < 1.29 is 18.5 Å². The van der Waals surface area contributed by atoms with Crippen molar-refractivity contribution in [1.82, 2.24) is 4.72 Å². The minimum Gasteiger partial charge on any atom is -0.334 e. The number of hydrogen-bond acceptors (Lipinski definition) is 4. The van der Waals surface area contributed by atoms with Crippen molar-refractivity contribution in [3.63, 3.8) is 0 Å². The Morgan fingerprint density at radius 1 is 1.24 bits per heavy atom. The Bertz CT molecular complexity index is 772. The molecule has 4 N–H and O–H groups in total. The van der Waals surface area contributed by atoms with E-state index in [2.05, 4.69) is 10.0 Å². The van der Waals surface area contributed by atoms with Gasteiger partial charge < -0.3 is 10.6 Å². The molecule has 136 valence electrons. The summed E-state index contributed by atoms with van der Waals surface area (Å²) in [4.78, 5) is 13.3. The van der Waals surface area contributed by atoms with E-state index in [0.717, 1.165) is 13.0 Å². The van der Waals surface area contributed by atoms with Crippen LogP contribution in [0.5, 0.6) is 0 Å². The van der Waals surface area contributed by atoms with Crippen LogP contribution in [0.1, 0.15) is 25.1 Å². The van der Waals surface area contributed by atoms with Crippen molar-refractivity contribution in [3.05, 3.63) is 46.7 Å². The average molecular weight is 383 g/mol. The maximum atomic E-state index is 12.2. The van der Waals surface area contributed by atoms with Crippen molar-refractivity contribution in [1.29, 1.82) is 0 Å². The smallest absolute Gasteiger partial charge is 0.279 e. The van der Waals surface area contributed by atoms with E-state index in [-0.39, 0.29) is 16.8 Å². The fraction of sp³-hybridized carbons (Fsp3) is 0.353. The van der Waals surface area contributed by atoms with Gasteiger partial charge in [-0.3, -0.25) is 4.79 Å². The predicted octanol–water partition coefficient (Wildman–Crippen LogP) is 1.53. The minimum atomic E-state index is -3.52. The van der Waals surface area contributed by atoms with Gasteiger partial charge in [0.15, 0.2) is 6.54 Å². The fourth-order valence-electron chi connectivity index (χ4n) is 2.12. The highest BCUT2D eigenvalue weighted by molar-refractivity contribution is 7.89. The summed E-state index contributed by atoms with van der Waals surface area (Å²) < 4.78 is 27.0. The van der Waals surface area contributed by atoms with Crippen molar-refractivity contribution in [2.75, 3.05) is 11.9 Å². The summed E-state index contributed by atoms with van der Waals surface area (Å²) in [6, 6.07) is 10.1. The quantitative estimate of drug-likeness (QED) is 0.614. The molecule has 0 fully saturated rings. The number of anilines is 1. The predicted molar refractivity (Wildman–Crippen MR) is 100.0 cm³/mol. The summed E-state index contributed by atoms with van der Waals surface area (Å²) in [6.45, 7) is 4.82. The second kappa shape index (κ2) is 9.10. The van der Waals surface area contributed by atoms with E-state index in [1.54, 1.807) is 23.5 Å². The number of sulfonamides is 1. The number of nitrogens with one attached hydrogen (secondary N) is 2. The molecule has 0 radical (unpaired) electrons. The van der Waals surface area contributed by atoms with Gasteiger partial charge in [-0.2, -0.15) is 0 Å². The SMILES string of the molecule is CC[C@@H](C)NS(=O)(=O)c1ccc(NC(=O)C[NH2+]Cc2cccs2)cc1. The van der Waals surface area contributed by atoms with Crippen LogP contribution in [-0.4, -0.2) is 26.9 Å². The molecule has 1 atom stereocenters. The van der Waals surface area contributed by atoms with Gasteiger partial charge in [-0.15, -0.1) is 11.3 Å². The van der Waals surface area contributed by atoms with Gasteiger partial charge in [-0.05, 0) is 49.1 Å². The molecule has 0 unspecified atom stereocenters. The molecule has 0 saturated carbocycles. The first-order chi connectivity index (χ1) is 11.9. The van der Waals surface area contributed by atoms with Crippen molar-refractivity contribution in [3.8, 4) is 0 Å². The molecule has 0 bridgehead atoms. The number of benzene rings is 1. The van der Waals surface area contributed by atoms with Crippen LogP contribution >= 0.6 is 11.3 Å². The highest BCUT2D eigenvalue weighted by Gasteiger charge is 2.16. The zero-order valence-corrected chi connectivity index (χ0v) is 16.0. The zero-order chi connectivity index (χ0) is 18.3. The van der Waals surface area contributed by atoms with Crippen LogP contribution < -0.4 is 15.4 Å². The molecule has 8 heteroatoms. The van der Waals surface area contributed by atoms with Gasteiger partial charge in [-0.1, -0.05) is 13.0 Å². The summed E-state index contributed by atoms with van der Waals surface area (Å²) in [7, 11) is -3.52. The molecule has 25 heavy (non-hydrogen) atoms. The van der Waals surface area contributed by atoms with E-state index in [9.17, 15) is 13.2 Å². The van der Waals surface area contributed by atoms with Crippen LogP contribution in [0.2, 0.25) is 0 Å². The van der Waals surface area contributed by atoms with E-state index >= 15 is 0 Å². The molecule has 0 aliphatic rings. The van der Waals surface area contributed by atoms with Gasteiger partial charge in [-0.25, -0.2) is 13.1 Å². The average Bonchev–Trinajstić information content (AvgIpc) is 3.08. The molecule has 0 aliphatic heterocycles. The number of hydrogen-bond donors (Lipinski definition) is 3. The largest absolute Gasteiger partial charge is 0.334 e. The number of nitrogens with two attached hydrogens (primary N) is 1. The Kier molecular flexibility index (Phi) is 7.12. The molecular weight excluding hydrogens is 358 g/mol. The first kappa shape index (κ1) is 19.6. The molecule has 2 aromatic rings. The van der Waals surface area contributed by atoms with Gasteiger partial charge in [0.05, 0.1) is 9.77 Å². The molecular formula is C17H24N3O3S2+. The Labute approximate surface area is 152 Å². The molecule has 1 heterocycles. The maximum Gasteiger partial charge on any atom is 0.279 e. The first-order valence-corrected chi connectivity index (χ1v) is 10.5. The molecule has 2 rings (SSSR count). The van der Waals surface area contributed by atoms with E-state index in [4.69, 9.17) is 0 Å². The lowest BCUT2D eigenvalue weighted by Crippen LogP contribution is -2.84. The summed E-state index contributed by atoms with van der Waals surface area (Å²) in [5, 5.41) is 6.71. The first-order valence-electron chi connectivity index (χ1n) is 8.17. The van der Waals surface area contributed by atoms with E-state index < -0.39 is 10.0 Å². The lowest BCUT2D eigenvalue weighted by Gasteiger charge is -2.12. The normalized spacial score (nSPS) is 12.7. The third-order valence-electron chi connectivity index (χ3n) is 3.67.